The van der Waals surface area contributed by atoms with E-state index in [1.807, 2.05) is 68.4 Å². The zero-order valence-corrected chi connectivity index (χ0v) is 17.3. The van der Waals surface area contributed by atoms with Crippen LogP contribution in [0.5, 0.6) is 5.75 Å². The number of amides is 3. The second-order valence-electron chi connectivity index (χ2n) is 7.68. The molecular formula is C23H27N3O4. The highest BCUT2D eigenvalue weighted by Crippen LogP contribution is 2.25. The molecule has 0 aromatic heterocycles. The van der Waals surface area contributed by atoms with Gasteiger partial charge in [0, 0.05) is 19.5 Å². The summed E-state index contributed by atoms with van der Waals surface area (Å²) >= 11 is 0. The van der Waals surface area contributed by atoms with E-state index < -0.39 is 11.8 Å². The van der Waals surface area contributed by atoms with E-state index in [0.717, 1.165) is 11.1 Å². The highest BCUT2D eigenvalue weighted by atomic mass is 16.5. The molecule has 2 aromatic rings. The number of carbonyl (C=O) groups excluding carboxylic acids is 3. The van der Waals surface area contributed by atoms with Gasteiger partial charge >= 0.3 is 0 Å². The Balaban J connectivity index is 1.44. The standard InChI is InChI=1S/C23H27N3O4/c1-16(2)19-10-6-7-11-20(19)30-15-21(27)24-25-23(29)18-12-22(28)26(14-18)13-17-8-4-3-5-9-17/h3-11,16,18H,12-15H2,1-2H3,(H,24,27)(H,25,29). The zero-order valence-electron chi connectivity index (χ0n) is 17.3. The molecule has 2 aromatic carbocycles. The minimum absolute atomic E-state index is 0.0704. The quantitative estimate of drug-likeness (QED) is 0.688. The molecule has 0 saturated carbocycles. The van der Waals surface area contributed by atoms with Crippen molar-refractivity contribution in [1.82, 2.24) is 15.8 Å². The van der Waals surface area contributed by atoms with E-state index in [0.29, 0.717) is 18.8 Å². The second kappa shape index (κ2) is 9.91. The Kier molecular flexibility index (Phi) is 7.06. The van der Waals surface area contributed by atoms with Crippen LogP contribution in [0.1, 0.15) is 37.3 Å². The van der Waals surface area contributed by atoms with Crippen molar-refractivity contribution in [2.75, 3.05) is 13.2 Å². The molecule has 1 fully saturated rings. The Morgan fingerprint density at radius 2 is 1.77 bits per heavy atom. The van der Waals surface area contributed by atoms with E-state index in [-0.39, 0.29) is 30.8 Å². The largest absolute Gasteiger partial charge is 0.483 e. The normalized spacial score (nSPS) is 15.9. The smallest absolute Gasteiger partial charge is 0.276 e. The predicted molar refractivity (Wildman–Crippen MR) is 112 cm³/mol. The molecule has 1 saturated heterocycles. The lowest BCUT2D eigenvalue weighted by Crippen LogP contribution is -2.46. The van der Waals surface area contributed by atoms with Gasteiger partial charge in [0.05, 0.1) is 5.92 Å². The monoisotopic (exact) mass is 409 g/mol. The summed E-state index contributed by atoms with van der Waals surface area (Å²) in [4.78, 5) is 38.3. The number of hydrogen-bond donors (Lipinski definition) is 2. The average molecular weight is 409 g/mol. The molecule has 0 spiro atoms. The first-order valence-corrected chi connectivity index (χ1v) is 10.1. The molecule has 0 radical (unpaired) electrons. The minimum atomic E-state index is -0.496. The number of benzene rings is 2. The third kappa shape index (κ3) is 5.59. The Bertz CT molecular complexity index is 898. The van der Waals surface area contributed by atoms with Crippen LogP contribution in [-0.2, 0) is 20.9 Å². The summed E-state index contributed by atoms with van der Waals surface area (Å²) in [5.41, 5.74) is 6.79. The maximum atomic E-state index is 12.4. The van der Waals surface area contributed by atoms with Crippen molar-refractivity contribution >= 4 is 17.7 Å². The van der Waals surface area contributed by atoms with Gasteiger partial charge in [-0.05, 0) is 23.1 Å². The first kappa shape index (κ1) is 21.4. The number of likely N-dealkylation sites (tertiary alicyclic amines) is 1. The first-order chi connectivity index (χ1) is 14.4. The number of para-hydroxylation sites is 1. The van der Waals surface area contributed by atoms with Crippen LogP contribution >= 0.6 is 0 Å². The highest BCUT2D eigenvalue weighted by molar-refractivity contribution is 5.90. The summed E-state index contributed by atoms with van der Waals surface area (Å²) in [5.74, 6) is -0.500. The third-order valence-corrected chi connectivity index (χ3v) is 5.03. The zero-order chi connectivity index (χ0) is 21.5. The maximum Gasteiger partial charge on any atom is 0.276 e. The Hall–Kier alpha value is -3.35. The van der Waals surface area contributed by atoms with E-state index >= 15 is 0 Å². The number of hydrogen-bond acceptors (Lipinski definition) is 4. The lowest BCUT2D eigenvalue weighted by molar-refractivity contribution is -0.132. The fourth-order valence-electron chi connectivity index (χ4n) is 3.41. The summed E-state index contributed by atoms with van der Waals surface area (Å²) in [5, 5.41) is 0. The van der Waals surface area contributed by atoms with Gasteiger partial charge in [0.25, 0.3) is 5.91 Å². The fourth-order valence-corrected chi connectivity index (χ4v) is 3.41. The van der Waals surface area contributed by atoms with Crippen LogP contribution < -0.4 is 15.6 Å². The van der Waals surface area contributed by atoms with Crippen molar-refractivity contribution in [3.05, 3.63) is 65.7 Å². The molecule has 1 atom stereocenters. The molecule has 1 aliphatic heterocycles. The van der Waals surface area contributed by atoms with Crippen LogP contribution in [0.25, 0.3) is 0 Å². The van der Waals surface area contributed by atoms with Gasteiger partial charge in [0.15, 0.2) is 6.61 Å². The lowest BCUT2D eigenvalue weighted by atomic mass is 10.0. The Morgan fingerprint density at radius 3 is 2.50 bits per heavy atom. The average Bonchev–Trinajstić information content (AvgIpc) is 3.11. The van der Waals surface area contributed by atoms with Gasteiger partial charge in [-0.25, -0.2) is 0 Å². The number of nitrogens with zero attached hydrogens (tertiary/aromatic N) is 1. The van der Waals surface area contributed by atoms with Gasteiger partial charge < -0.3 is 9.64 Å². The lowest BCUT2D eigenvalue weighted by Gasteiger charge is -2.17. The van der Waals surface area contributed by atoms with E-state index in [2.05, 4.69) is 10.9 Å². The van der Waals surface area contributed by atoms with Crippen LogP contribution in [0.15, 0.2) is 54.6 Å². The summed E-state index contributed by atoms with van der Waals surface area (Å²) in [6.07, 6.45) is 0.132. The molecule has 2 N–H and O–H groups in total. The van der Waals surface area contributed by atoms with Crippen LogP contribution in [-0.4, -0.2) is 35.8 Å². The van der Waals surface area contributed by atoms with Crippen molar-refractivity contribution in [2.24, 2.45) is 5.92 Å². The van der Waals surface area contributed by atoms with Gasteiger partial charge in [-0.3, -0.25) is 25.2 Å². The minimum Gasteiger partial charge on any atom is -0.483 e. The molecule has 0 bridgehead atoms. The molecule has 1 unspecified atom stereocenters. The maximum absolute atomic E-state index is 12.4. The molecule has 3 amide bonds. The van der Waals surface area contributed by atoms with Gasteiger partial charge in [-0.2, -0.15) is 0 Å². The summed E-state index contributed by atoms with van der Waals surface area (Å²) < 4.78 is 5.59. The number of carbonyl (C=O) groups is 3. The number of nitrogens with one attached hydrogen (secondary N) is 2. The molecule has 158 valence electrons. The molecule has 3 rings (SSSR count). The molecule has 0 aliphatic carbocycles. The van der Waals surface area contributed by atoms with Crippen LogP contribution in [0, 0.1) is 5.92 Å². The van der Waals surface area contributed by atoms with Crippen LogP contribution in [0.3, 0.4) is 0 Å². The summed E-state index contributed by atoms with van der Waals surface area (Å²) in [6.45, 7) is 4.68. The van der Waals surface area contributed by atoms with E-state index in [1.165, 1.54) is 0 Å². The fraction of sp³-hybridized carbons (Fsp3) is 0.348. The van der Waals surface area contributed by atoms with Crippen LogP contribution in [0.4, 0.5) is 0 Å². The SMILES string of the molecule is CC(C)c1ccccc1OCC(=O)NNC(=O)C1CC(=O)N(Cc2ccccc2)C1. The van der Waals surface area contributed by atoms with Crippen molar-refractivity contribution < 1.29 is 19.1 Å². The van der Waals surface area contributed by atoms with Crippen molar-refractivity contribution in [2.45, 2.75) is 32.7 Å². The van der Waals surface area contributed by atoms with E-state index in [4.69, 9.17) is 4.74 Å². The topological polar surface area (TPSA) is 87.7 Å². The van der Waals surface area contributed by atoms with Crippen molar-refractivity contribution in [3.8, 4) is 5.75 Å². The Labute approximate surface area is 176 Å². The molecule has 1 heterocycles. The van der Waals surface area contributed by atoms with Gasteiger partial charge in [-0.15, -0.1) is 0 Å². The number of ether oxygens (including phenoxy) is 1. The van der Waals surface area contributed by atoms with E-state index in [9.17, 15) is 14.4 Å². The summed E-state index contributed by atoms with van der Waals surface area (Å²) in [7, 11) is 0. The van der Waals surface area contributed by atoms with Gasteiger partial charge in [-0.1, -0.05) is 62.4 Å². The first-order valence-electron chi connectivity index (χ1n) is 10.1. The number of rotatable bonds is 7. The molecule has 7 nitrogen and oxygen atoms in total. The molecule has 30 heavy (non-hydrogen) atoms. The van der Waals surface area contributed by atoms with E-state index in [1.54, 1.807) is 4.90 Å². The van der Waals surface area contributed by atoms with Crippen molar-refractivity contribution in [1.29, 1.82) is 0 Å². The Morgan fingerprint density at radius 1 is 1.07 bits per heavy atom. The predicted octanol–water partition coefficient (Wildman–Crippen LogP) is 2.38. The van der Waals surface area contributed by atoms with Crippen molar-refractivity contribution in [3.63, 3.8) is 0 Å². The molecule has 1 aliphatic rings. The molecule has 7 heteroatoms. The van der Waals surface area contributed by atoms with Crippen LogP contribution in [0.2, 0.25) is 0 Å². The molecular weight excluding hydrogens is 382 g/mol. The second-order valence-corrected chi connectivity index (χ2v) is 7.68. The summed E-state index contributed by atoms with van der Waals surface area (Å²) in [6, 6.07) is 17.2. The van der Waals surface area contributed by atoms with Gasteiger partial charge in [0.1, 0.15) is 5.75 Å². The third-order valence-electron chi connectivity index (χ3n) is 5.03. The van der Waals surface area contributed by atoms with Gasteiger partial charge in [0.2, 0.25) is 11.8 Å². The number of hydrazine groups is 1. The highest BCUT2D eigenvalue weighted by Gasteiger charge is 2.34.